The zero-order valence-corrected chi connectivity index (χ0v) is 14.5. The Balaban J connectivity index is 1.58. The second kappa shape index (κ2) is 6.52. The molecule has 4 aromatic rings. The first-order valence-electron chi connectivity index (χ1n) is 8.28. The zero-order chi connectivity index (χ0) is 18.1. The lowest BCUT2D eigenvalue weighted by molar-refractivity contribution is 0.299. The van der Waals surface area contributed by atoms with Crippen LogP contribution in [-0.4, -0.2) is 4.98 Å². The fraction of sp³-hybridized carbons (Fsp3) is 0.143. The summed E-state index contributed by atoms with van der Waals surface area (Å²) in [5.41, 5.74) is 3.47. The highest BCUT2D eigenvalue weighted by molar-refractivity contribution is 5.84. The van der Waals surface area contributed by atoms with E-state index in [-0.39, 0.29) is 12.2 Å². The number of fused-ring (bicyclic) bond motifs is 1. The summed E-state index contributed by atoms with van der Waals surface area (Å²) in [5, 5.41) is 0.905. The summed E-state index contributed by atoms with van der Waals surface area (Å²) in [6.07, 6.45) is 1.59. The van der Waals surface area contributed by atoms with Crippen LogP contribution in [0.5, 0.6) is 5.75 Å². The molecule has 5 heteroatoms. The van der Waals surface area contributed by atoms with Crippen molar-refractivity contribution in [3.8, 4) is 17.2 Å². The molecule has 0 saturated carbocycles. The summed E-state index contributed by atoms with van der Waals surface area (Å²) in [4.78, 5) is 16.1. The Labute approximate surface area is 149 Å². The smallest absolute Gasteiger partial charge is 0.336 e. The molecule has 0 spiro atoms. The van der Waals surface area contributed by atoms with Crippen LogP contribution in [0.25, 0.3) is 22.4 Å². The molecule has 0 N–H and O–H groups in total. The Hall–Kier alpha value is -3.34. The van der Waals surface area contributed by atoms with Crippen LogP contribution >= 0.6 is 0 Å². The van der Waals surface area contributed by atoms with E-state index in [0.717, 1.165) is 22.1 Å². The molecule has 5 nitrogen and oxygen atoms in total. The topological polar surface area (TPSA) is 65.5 Å². The molecule has 4 rings (SSSR count). The van der Waals surface area contributed by atoms with E-state index in [1.54, 1.807) is 6.26 Å². The predicted octanol–water partition coefficient (Wildman–Crippen LogP) is 4.64. The maximum absolute atomic E-state index is 11.7. The number of ether oxygens (including phenoxy) is 1. The van der Waals surface area contributed by atoms with E-state index in [1.165, 1.54) is 6.07 Å². The summed E-state index contributed by atoms with van der Waals surface area (Å²) in [6.45, 7) is 4.02. The molecule has 130 valence electrons. The molecule has 26 heavy (non-hydrogen) atoms. The third kappa shape index (κ3) is 2.99. The molecule has 0 fully saturated rings. The van der Waals surface area contributed by atoms with Gasteiger partial charge in [-0.1, -0.05) is 18.2 Å². The van der Waals surface area contributed by atoms with Gasteiger partial charge in [-0.05, 0) is 43.7 Å². The molecule has 0 amide bonds. The average Bonchev–Trinajstić information content (AvgIpc) is 3.11. The summed E-state index contributed by atoms with van der Waals surface area (Å²) < 4.78 is 16.8. The van der Waals surface area contributed by atoms with Gasteiger partial charge in [-0.3, -0.25) is 0 Å². The number of nitrogens with zero attached hydrogens (tertiary/aromatic N) is 1. The number of benzene rings is 2. The average molecular weight is 347 g/mol. The van der Waals surface area contributed by atoms with Crippen LogP contribution in [0.15, 0.2) is 68.4 Å². The van der Waals surface area contributed by atoms with Crippen molar-refractivity contribution in [1.29, 1.82) is 0 Å². The van der Waals surface area contributed by atoms with Crippen molar-refractivity contribution in [3.05, 3.63) is 82.0 Å². The largest absolute Gasteiger partial charge is 0.487 e. The Morgan fingerprint density at radius 1 is 1.08 bits per heavy atom. The van der Waals surface area contributed by atoms with Gasteiger partial charge in [0.05, 0.1) is 0 Å². The van der Waals surface area contributed by atoms with Crippen molar-refractivity contribution in [2.45, 2.75) is 20.5 Å². The molecular weight excluding hydrogens is 330 g/mol. The van der Waals surface area contributed by atoms with Crippen LogP contribution < -0.4 is 10.4 Å². The minimum atomic E-state index is -0.362. The molecule has 0 aliphatic rings. The Bertz CT molecular complexity index is 1130. The van der Waals surface area contributed by atoms with E-state index >= 15 is 0 Å². The molecule has 2 aromatic carbocycles. The number of rotatable bonds is 4. The second-order valence-electron chi connectivity index (χ2n) is 6.11. The van der Waals surface area contributed by atoms with Gasteiger partial charge in [0.25, 0.3) is 0 Å². The second-order valence-corrected chi connectivity index (χ2v) is 6.11. The quantitative estimate of drug-likeness (QED) is 0.503. The van der Waals surface area contributed by atoms with Crippen molar-refractivity contribution in [1.82, 2.24) is 4.98 Å². The van der Waals surface area contributed by atoms with E-state index in [4.69, 9.17) is 13.6 Å². The van der Waals surface area contributed by atoms with Crippen LogP contribution in [0.2, 0.25) is 0 Å². The van der Waals surface area contributed by atoms with Crippen molar-refractivity contribution >= 4 is 11.0 Å². The summed E-state index contributed by atoms with van der Waals surface area (Å²) >= 11 is 0. The molecular formula is C21H17NO4. The highest BCUT2D eigenvalue weighted by atomic mass is 16.5. The lowest BCUT2D eigenvalue weighted by atomic mass is 10.1. The Morgan fingerprint density at radius 3 is 2.69 bits per heavy atom. The van der Waals surface area contributed by atoms with E-state index in [2.05, 4.69) is 4.98 Å². The maximum atomic E-state index is 11.7. The monoisotopic (exact) mass is 347 g/mol. The van der Waals surface area contributed by atoms with E-state index < -0.39 is 0 Å². The van der Waals surface area contributed by atoms with E-state index in [0.29, 0.717) is 22.9 Å². The maximum Gasteiger partial charge on any atom is 0.336 e. The molecule has 0 atom stereocenters. The summed E-state index contributed by atoms with van der Waals surface area (Å²) in [6, 6.07) is 15.0. The fourth-order valence-corrected chi connectivity index (χ4v) is 2.89. The van der Waals surface area contributed by atoms with Gasteiger partial charge in [0, 0.05) is 22.6 Å². The SMILES string of the molecule is Cc1cc(=O)oc2c(C)c(OCc3coc(-c4ccccc4)n3)ccc12. The van der Waals surface area contributed by atoms with Gasteiger partial charge in [-0.2, -0.15) is 0 Å². The molecule has 2 aromatic heterocycles. The molecule has 0 unspecified atom stereocenters. The van der Waals surface area contributed by atoms with Crippen molar-refractivity contribution in [3.63, 3.8) is 0 Å². The van der Waals surface area contributed by atoms with E-state index in [9.17, 15) is 4.79 Å². The van der Waals surface area contributed by atoms with E-state index in [1.807, 2.05) is 56.3 Å². The first kappa shape index (κ1) is 16.1. The lowest BCUT2D eigenvalue weighted by Crippen LogP contribution is -2.01. The molecule has 0 radical (unpaired) electrons. The fourth-order valence-electron chi connectivity index (χ4n) is 2.89. The number of aromatic nitrogens is 1. The highest BCUT2D eigenvalue weighted by Crippen LogP contribution is 2.29. The number of oxazole rings is 1. The molecule has 0 bridgehead atoms. The first-order chi connectivity index (χ1) is 12.6. The van der Waals surface area contributed by atoms with Crippen LogP contribution in [0.4, 0.5) is 0 Å². The number of hydrogen-bond acceptors (Lipinski definition) is 5. The van der Waals surface area contributed by atoms with Crippen LogP contribution in [0.1, 0.15) is 16.8 Å². The van der Waals surface area contributed by atoms with Gasteiger partial charge in [0.15, 0.2) is 0 Å². The van der Waals surface area contributed by atoms with Crippen LogP contribution in [-0.2, 0) is 6.61 Å². The van der Waals surface area contributed by atoms with Crippen molar-refractivity contribution in [2.24, 2.45) is 0 Å². The Kier molecular flexibility index (Phi) is 4.05. The van der Waals surface area contributed by atoms with Gasteiger partial charge >= 0.3 is 5.63 Å². The van der Waals surface area contributed by atoms with Gasteiger partial charge in [0.2, 0.25) is 5.89 Å². The highest BCUT2D eigenvalue weighted by Gasteiger charge is 2.12. The van der Waals surface area contributed by atoms with Gasteiger partial charge < -0.3 is 13.6 Å². The molecule has 0 aliphatic heterocycles. The summed E-state index contributed by atoms with van der Waals surface area (Å²) in [5.74, 6) is 1.21. The number of aryl methyl sites for hydroxylation is 2. The van der Waals surface area contributed by atoms with Gasteiger partial charge in [0.1, 0.15) is 29.9 Å². The predicted molar refractivity (Wildman–Crippen MR) is 98.2 cm³/mol. The van der Waals surface area contributed by atoms with Crippen LogP contribution in [0, 0.1) is 13.8 Å². The normalized spacial score (nSPS) is 11.0. The summed E-state index contributed by atoms with van der Waals surface area (Å²) in [7, 11) is 0. The van der Waals surface area contributed by atoms with Gasteiger partial charge in [-0.15, -0.1) is 0 Å². The molecule has 2 heterocycles. The minimum absolute atomic E-state index is 0.263. The number of hydrogen-bond donors (Lipinski definition) is 0. The van der Waals surface area contributed by atoms with Crippen molar-refractivity contribution < 1.29 is 13.6 Å². The molecule has 0 aliphatic carbocycles. The minimum Gasteiger partial charge on any atom is -0.487 e. The zero-order valence-electron chi connectivity index (χ0n) is 14.5. The van der Waals surface area contributed by atoms with Crippen LogP contribution in [0.3, 0.4) is 0 Å². The lowest BCUT2D eigenvalue weighted by Gasteiger charge is -2.10. The standard InChI is InChI=1S/C21H17NO4/c1-13-10-19(23)26-20-14(2)18(9-8-17(13)20)24-11-16-12-25-21(22-16)15-6-4-3-5-7-15/h3-10,12H,11H2,1-2H3. The molecule has 0 saturated heterocycles. The third-order valence-electron chi connectivity index (χ3n) is 4.27. The Morgan fingerprint density at radius 2 is 1.88 bits per heavy atom. The van der Waals surface area contributed by atoms with Crippen molar-refractivity contribution in [2.75, 3.05) is 0 Å². The van der Waals surface area contributed by atoms with Gasteiger partial charge in [-0.25, -0.2) is 9.78 Å². The third-order valence-corrected chi connectivity index (χ3v) is 4.27. The first-order valence-corrected chi connectivity index (χ1v) is 8.28.